The molecule has 3 N–H and O–H groups in total. The number of hydrogen-bond acceptors (Lipinski definition) is 3. The van der Waals surface area contributed by atoms with Crippen LogP contribution in [0.2, 0.25) is 0 Å². The zero-order valence-corrected chi connectivity index (χ0v) is 11.2. The number of fused-ring (bicyclic) bond motifs is 1. The molecule has 0 aromatic heterocycles. The number of rotatable bonds is 2. The largest absolute Gasteiger partial charge is 0.377 e. The van der Waals surface area contributed by atoms with Crippen LogP contribution in [-0.2, 0) is 6.42 Å². The van der Waals surface area contributed by atoms with E-state index in [9.17, 15) is 4.79 Å². The van der Waals surface area contributed by atoms with Crippen molar-refractivity contribution in [2.75, 3.05) is 5.32 Å². The molecule has 0 radical (unpaired) electrons. The third kappa shape index (κ3) is 2.14. The van der Waals surface area contributed by atoms with Crippen LogP contribution in [-0.4, -0.2) is 11.1 Å². The molecule has 3 rings (SSSR count). The number of carbonyl (C=O) groups is 1. The Kier molecular flexibility index (Phi) is 3.16. The van der Waals surface area contributed by atoms with E-state index >= 15 is 0 Å². The van der Waals surface area contributed by atoms with Crippen LogP contribution in [0.25, 0.3) is 0 Å². The van der Waals surface area contributed by atoms with Crippen LogP contribution >= 0.6 is 0 Å². The van der Waals surface area contributed by atoms with Gasteiger partial charge >= 0.3 is 0 Å². The van der Waals surface area contributed by atoms with Crippen molar-refractivity contribution < 1.29 is 10.0 Å². The molecule has 0 spiro atoms. The summed E-state index contributed by atoms with van der Waals surface area (Å²) in [5.74, 6) is -0.487. The van der Waals surface area contributed by atoms with E-state index in [-0.39, 0.29) is 6.04 Å². The summed E-state index contributed by atoms with van der Waals surface area (Å²) >= 11 is 0. The fourth-order valence-electron chi connectivity index (χ4n) is 2.64. The Morgan fingerprint density at radius 1 is 1.25 bits per heavy atom. The van der Waals surface area contributed by atoms with Gasteiger partial charge in [-0.15, -0.1) is 0 Å². The molecule has 1 amide bonds. The Balaban J connectivity index is 1.92. The third-order valence-electron chi connectivity index (χ3n) is 3.72. The van der Waals surface area contributed by atoms with Crippen molar-refractivity contribution in [2.24, 2.45) is 0 Å². The Morgan fingerprint density at radius 3 is 2.70 bits per heavy atom. The molecule has 1 aliphatic heterocycles. The van der Waals surface area contributed by atoms with E-state index in [1.54, 1.807) is 11.5 Å². The molecule has 20 heavy (non-hydrogen) atoms. The molecule has 1 atom stereocenters. The minimum Gasteiger partial charge on any atom is -0.377 e. The number of benzene rings is 2. The average Bonchev–Trinajstić information content (AvgIpc) is 2.91. The molecule has 4 heteroatoms. The fourth-order valence-corrected chi connectivity index (χ4v) is 2.64. The van der Waals surface area contributed by atoms with Gasteiger partial charge in [0, 0.05) is 0 Å². The van der Waals surface area contributed by atoms with Crippen molar-refractivity contribution in [3.05, 3.63) is 64.7 Å². The first-order chi connectivity index (χ1) is 9.69. The number of aryl methyl sites for hydroxylation is 1. The zero-order valence-electron chi connectivity index (χ0n) is 11.2. The molecule has 102 valence electrons. The Bertz CT molecular complexity index is 650. The highest BCUT2D eigenvalue weighted by Crippen LogP contribution is 2.36. The van der Waals surface area contributed by atoms with E-state index in [1.165, 1.54) is 11.1 Å². The van der Waals surface area contributed by atoms with Crippen molar-refractivity contribution in [3.8, 4) is 0 Å². The van der Waals surface area contributed by atoms with E-state index < -0.39 is 5.91 Å². The molecule has 2 aromatic rings. The fraction of sp³-hybridized carbons (Fsp3) is 0.188. The van der Waals surface area contributed by atoms with Gasteiger partial charge in [0.1, 0.15) is 0 Å². The first-order valence-corrected chi connectivity index (χ1v) is 6.58. The molecule has 1 aliphatic rings. The van der Waals surface area contributed by atoms with Gasteiger partial charge in [-0.05, 0) is 30.5 Å². The van der Waals surface area contributed by atoms with E-state index in [0.717, 1.165) is 17.7 Å². The predicted molar refractivity (Wildman–Crippen MR) is 76.9 cm³/mol. The maximum absolute atomic E-state index is 11.7. The highest BCUT2D eigenvalue weighted by molar-refractivity contribution is 6.00. The molecule has 0 fully saturated rings. The molecular weight excluding hydrogens is 252 g/mol. The lowest BCUT2D eigenvalue weighted by molar-refractivity contribution is 0.0707. The molecule has 0 unspecified atom stereocenters. The van der Waals surface area contributed by atoms with Crippen LogP contribution in [0.3, 0.4) is 0 Å². The summed E-state index contributed by atoms with van der Waals surface area (Å²) in [4.78, 5) is 11.7. The Labute approximate surface area is 117 Å². The van der Waals surface area contributed by atoms with Crippen molar-refractivity contribution >= 4 is 11.6 Å². The van der Waals surface area contributed by atoms with Crippen molar-refractivity contribution in [1.82, 2.24) is 5.48 Å². The van der Waals surface area contributed by atoms with Crippen molar-refractivity contribution in [3.63, 3.8) is 0 Å². The maximum Gasteiger partial charge on any atom is 0.276 e. The van der Waals surface area contributed by atoms with Gasteiger partial charge in [-0.1, -0.05) is 42.0 Å². The summed E-state index contributed by atoms with van der Waals surface area (Å²) < 4.78 is 0. The summed E-state index contributed by atoms with van der Waals surface area (Å²) in [5, 5.41) is 12.2. The molecule has 0 aliphatic carbocycles. The maximum atomic E-state index is 11.7. The van der Waals surface area contributed by atoms with Gasteiger partial charge in [-0.2, -0.15) is 0 Å². The number of carbonyl (C=O) groups excluding carboxylic acids is 1. The van der Waals surface area contributed by atoms with Gasteiger partial charge in [0.2, 0.25) is 0 Å². The summed E-state index contributed by atoms with van der Waals surface area (Å²) in [6.45, 7) is 2.06. The molecule has 4 nitrogen and oxygen atoms in total. The summed E-state index contributed by atoms with van der Waals surface area (Å²) in [6, 6.07) is 14.1. The lowest BCUT2D eigenvalue weighted by Gasteiger charge is -2.13. The van der Waals surface area contributed by atoms with Crippen LogP contribution in [0, 0.1) is 6.92 Å². The van der Waals surface area contributed by atoms with Gasteiger partial charge < -0.3 is 5.32 Å². The van der Waals surface area contributed by atoms with Gasteiger partial charge in [0.05, 0.1) is 17.3 Å². The Hall–Kier alpha value is -2.33. The van der Waals surface area contributed by atoms with Crippen molar-refractivity contribution in [1.29, 1.82) is 0 Å². The molecular formula is C16H16N2O2. The van der Waals surface area contributed by atoms with E-state index in [2.05, 4.69) is 36.5 Å². The topological polar surface area (TPSA) is 61.4 Å². The second-order valence-corrected chi connectivity index (χ2v) is 5.09. The van der Waals surface area contributed by atoms with E-state index in [0.29, 0.717) is 5.56 Å². The van der Waals surface area contributed by atoms with E-state index in [4.69, 9.17) is 5.21 Å². The quantitative estimate of drug-likeness (QED) is 0.580. The number of nitrogens with one attached hydrogen (secondary N) is 2. The molecule has 0 saturated heterocycles. The van der Waals surface area contributed by atoms with Crippen LogP contribution in [0.15, 0.2) is 42.5 Å². The number of hydroxylamine groups is 1. The minimum absolute atomic E-state index is 0.165. The third-order valence-corrected chi connectivity index (χ3v) is 3.72. The predicted octanol–water partition coefficient (Wildman–Crippen LogP) is 2.82. The molecule has 2 aromatic carbocycles. The number of hydrogen-bond donors (Lipinski definition) is 3. The van der Waals surface area contributed by atoms with Crippen LogP contribution in [0.4, 0.5) is 5.69 Å². The highest BCUT2D eigenvalue weighted by atomic mass is 16.5. The second-order valence-electron chi connectivity index (χ2n) is 5.09. The molecule has 0 saturated carbocycles. The van der Waals surface area contributed by atoms with Crippen LogP contribution in [0.5, 0.6) is 0 Å². The molecule has 1 heterocycles. The van der Waals surface area contributed by atoms with Crippen molar-refractivity contribution in [2.45, 2.75) is 19.4 Å². The summed E-state index contributed by atoms with van der Waals surface area (Å²) in [6.07, 6.45) is 0.838. The summed E-state index contributed by atoms with van der Waals surface area (Å²) in [7, 11) is 0. The Morgan fingerprint density at radius 2 is 2.00 bits per heavy atom. The minimum atomic E-state index is -0.487. The lowest BCUT2D eigenvalue weighted by atomic mass is 10.0. The van der Waals surface area contributed by atoms with E-state index in [1.807, 2.05) is 12.1 Å². The van der Waals surface area contributed by atoms with Crippen LogP contribution in [0.1, 0.15) is 33.1 Å². The smallest absolute Gasteiger partial charge is 0.276 e. The standard InChI is InChI=1S/C16H16N2O2/c1-10-5-7-11(8-6-10)14-9-12-3-2-4-13(15(12)17-14)16(19)18-20/h2-8,14,17,20H,9H2,1H3,(H,18,19)/t14-/m1/s1. The van der Waals surface area contributed by atoms with Gasteiger partial charge in [-0.25, -0.2) is 5.48 Å². The van der Waals surface area contributed by atoms with Gasteiger partial charge in [0.15, 0.2) is 0 Å². The number of para-hydroxylation sites is 1. The second kappa shape index (κ2) is 4.98. The monoisotopic (exact) mass is 268 g/mol. The van der Waals surface area contributed by atoms with Gasteiger partial charge in [0.25, 0.3) is 5.91 Å². The number of anilines is 1. The van der Waals surface area contributed by atoms with Gasteiger partial charge in [-0.3, -0.25) is 10.0 Å². The van der Waals surface area contributed by atoms with Crippen LogP contribution < -0.4 is 10.8 Å². The first kappa shape index (κ1) is 12.7. The first-order valence-electron chi connectivity index (χ1n) is 6.58. The normalized spacial score (nSPS) is 16.4. The zero-order chi connectivity index (χ0) is 14.1. The highest BCUT2D eigenvalue weighted by Gasteiger charge is 2.25. The molecule has 0 bridgehead atoms. The lowest BCUT2D eigenvalue weighted by Crippen LogP contribution is -2.20. The number of amides is 1. The average molecular weight is 268 g/mol. The SMILES string of the molecule is Cc1ccc([C@H]2Cc3cccc(C(=O)NO)c3N2)cc1. The summed E-state index contributed by atoms with van der Waals surface area (Å²) in [5.41, 5.74) is 6.49.